The van der Waals surface area contributed by atoms with E-state index in [0.29, 0.717) is 5.92 Å². The van der Waals surface area contributed by atoms with Crippen molar-refractivity contribution in [1.29, 1.82) is 0 Å². The second kappa shape index (κ2) is 6.23. The standard InChI is InChI=1S/C13H24O/c1-3-5-11-7-9-12(10-8-11)13(14)6-4-2/h3,5,11-14H,4,6-10H2,1-2H3/b5-3+. The van der Waals surface area contributed by atoms with Gasteiger partial charge in [0, 0.05) is 0 Å². The van der Waals surface area contributed by atoms with E-state index in [1.54, 1.807) is 0 Å². The van der Waals surface area contributed by atoms with Crippen LogP contribution in [0.2, 0.25) is 0 Å². The molecule has 1 atom stereocenters. The zero-order chi connectivity index (χ0) is 10.4. The average molecular weight is 196 g/mol. The summed E-state index contributed by atoms with van der Waals surface area (Å²) in [5, 5.41) is 9.87. The molecule has 0 aromatic rings. The summed E-state index contributed by atoms with van der Waals surface area (Å²) in [5.74, 6) is 1.36. The van der Waals surface area contributed by atoms with Crippen LogP contribution >= 0.6 is 0 Å². The lowest BCUT2D eigenvalue weighted by Gasteiger charge is -2.30. The van der Waals surface area contributed by atoms with Crippen LogP contribution < -0.4 is 0 Å². The maximum absolute atomic E-state index is 9.87. The topological polar surface area (TPSA) is 20.2 Å². The van der Waals surface area contributed by atoms with Gasteiger partial charge in [-0.15, -0.1) is 0 Å². The Kier molecular flexibility index (Phi) is 5.24. The highest BCUT2D eigenvalue weighted by atomic mass is 16.3. The number of hydrogen-bond acceptors (Lipinski definition) is 1. The Morgan fingerprint density at radius 1 is 1.29 bits per heavy atom. The van der Waals surface area contributed by atoms with Crippen LogP contribution in [0.4, 0.5) is 0 Å². The normalized spacial score (nSPS) is 30.8. The minimum atomic E-state index is -0.0356. The molecular formula is C13H24O. The smallest absolute Gasteiger partial charge is 0.0568 e. The predicted octanol–water partition coefficient (Wildman–Crippen LogP) is 3.53. The average Bonchev–Trinajstić information content (AvgIpc) is 2.20. The van der Waals surface area contributed by atoms with Gasteiger partial charge in [-0.2, -0.15) is 0 Å². The van der Waals surface area contributed by atoms with Crippen molar-refractivity contribution >= 4 is 0 Å². The molecule has 1 aliphatic carbocycles. The summed E-state index contributed by atoms with van der Waals surface area (Å²) in [7, 11) is 0. The number of allylic oxidation sites excluding steroid dienone is 2. The Bertz CT molecular complexity index is 166. The van der Waals surface area contributed by atoms with Crippen LogP contribution in [0.1, 0.15) is 52.4 Å². The molecule has 0 heterocycles. The van der Waals surface area contributed by atoms with Gasteiger partial charge in [-0.3, -0.25) is 0 Å². The molecular weight excluding hydrogens is 172 g/mol. The van der Waals surface area contributed by atoms with Gasteiger partial charge in [-0.1, -0.05) is 25.5 Å². The predicted molar refractivity (Wildman–Crippen MR) is 61.2 cm³/mol. The van der Waals surface area contributed by atoms with Crippen molar-refractivity contribution in [3.8, 4) is 0 Å². The summed E-state index contributed by atoms with van der Waals surface area (Å²) in [6, 6.07) is 0. The Labute approximate surface area is 88.2 Å². The van der Waals surface area contributed by atoms with E-state index in [2.05, 4.69) is 26.0 Å². The highest BCUT2D eigenvalue weighted by Gasteiger charge is 2.24. The molecule has 0 radical (unpaired) electrons. The van der Waals surface area contributed by atoms with Crippen LogP contribution in [0.15, 0.2) is 12.2 Å². The minimum absolute atomic E-state index is 0.0356. The van der Waals surface area contributed by atoms with Crippen LogP contribution in [-0.4, -0.2) is 11.2 Å². The molecule has 1 rings (SSSR count). The van der Waals surface area contributed by atoms with Crippen molar-refractivity contribution in [3.63, 3.8) is 0 Å². The highest BCUT2D eigenvalue weighted by Crippen LogP contribution is 2.32. The third-order valence-electron chi connectivity index (χ3n) is 3.41. The summed E-state index contributed by atoms with van der Waals surface area (Å²) in [4.78, 5) is 0. The van der Waals surface area contributed by atoms with E-state index < -0.39 is 0 Å². The zero-order valence-electron chi connectivity index (χ0n) is 9.58. The Morgan fingerprint density at radius 3 is 2.43 bits per heavy atom. The first-order valence-electron chi connectivity index (χ1n) is 6.08. The Morgan fingerprint density at radius 2 is 1.93 bits per heavy atom. The van der Waals surface area contributed by atoms with Crippen molar-refractivity contribution in [2.24, 2.45) is 11.8 Å². The molecule has 1 saturated carbocycles. The maximum Gasteiger partial charge on any atom is 0.0568 e. The highest BCUT2D eigenvalue weighted by molar-refractivity contribution is 4.89. The summed E-state index contributed by atoms with van der Waals surface area (Å²) < 4.78 is 0. The molecule has 82 valence electrons. The first-order valence-corrected chi connectivity index (χ1v) is 6.08. The van der Waals surface area contributed by atoms with E-state index >= 15 is 0 Å². The van der Waals surface area contributed by atoms with Crippen LogP contribution in [0, 0.1) is 11.8 Å². The SMILES string of the molecule is C/C=C/C1CCC(C(O)CCC)CC1. The molecule has 14 heavy (non-hydrogen) atoms. The molecule has 1 aliphatic rings. The number of aliphatic hydroxyl groups is 1. The molecule has 0 saturated heterocycles. The van der Waals surface area contributed by atoms with Crippen LogP contribution in [0.3, 0.4) is 0 Å². The molecule has 1 fully saturated rings. The van der Waals surface area contributed by atoms with E-state index in [1.165, 1.54) is 25.7 Å². The third-order valence-corrected chi connectivity index (χ3v) is 3.41. The van der Waals surface area contributed by atoms with Gasteiger partial charge in [0.25, 0.3) is 0 Å². The monoisotopic (exact) mass is 196 g/mol. The van der Waals surface area contributed by atoms with Crippen molar-refractivity contribution in [2.75, 3.05) is 0 Å². The third kappa shape index (κ3) is 3.45. The molecule has 0 aromatic heterocycles. The molecule has 0 bridgehead atoms. The van der Waals surface area contributed by atoms with E-state index in [0.717, 1.165) is 18.8 Å². The minimum Gasteiger partial charge on any atom is -0.393 e. The Hall–Kier alpha value is -0.300. The van der Waals surface area contributed by atoms with Crippen LogP contribution in [0.25, 0.3) is 0 Å². The first-order chi connectivity index (χ1) is 6.77. The molecule has 0 spiro atoms. The molecule has 1 N–H and O–H groups in total. The fourth-order valence-corrected chi connectivity index (χ4v) is 2.53. The van der Waals surface area contributed by atoms with Crippen LogP contribution in [0.5, 0.6) is 0 Å². The Balaban J connectivity index is 2.27. The number of hydrogen-bond donors (Lipinski definition) is 1. The van der Waals surface area contributed by atoms with Gasteiger partial charge >= 0.3 is 0 Å². The zero-order valence-corrected chi connectivity index (χ0v) is 9.58. The van der Waals surface area contributed by atoms with Gasteiger partial charge in [-0.25, -0.2) is 0 Å². The van der Waals surface area contributed by atoms with E-state index in [4.69, 9.17) is 0 Å². The molecule has 1 nitrogen and oxygen atoms in total. The molecule has 0 aliphatic heterocycles. The van der Waals surface area contributed by atoms with Gasteiger partial charge in [0.15, 0.2) is 0 Å². The van der Waals surface area contributed by atoms with Crippen molar-refractivity contribution in [1.82, 2.24) is 0 Å². The fourth-order valence-electron chi connectivity index (χ4n) is 2.53. The van der Waals surface area contributed by atoms with Gasteiger partial charge in [0.05, 0.1) is 6.10 Å². The summed E-state index contributed by atoms with van der Waals surface area (Å²) in [5.41, 5.74) is 0. The first kappa shape index (κ1) is 11.8. The lowest BCUT2D eigenvalue weighted by Crippen LogP contribution is -2.25. The second-order valence-electron chi connectivity index (χ2n) is 4.56. The molecule has 1 heteroatoms. The van der Waals surface area contributed by atoms with Crippen molar-refractivity contribution < 1.29 is 5.11 Å². The fraction of sp³-hybridized carbons (Fsp3) is 0.846. The number of aliphatic hydroxyl groups excluding tert-OH is 1. The molecule has 1 unspecified atom stereocenters. The summed E-state index contributed by atoms with van der Waals surface area (Å²) in [6.45, 7) is 4.24. The summed E-state index contributed by atoms with van der Waals surface area (Å²) in [6.07, 6.45) is 11.5. The maximum atomic E-state index is 9.87. The molecule has 0 amide bonds. The van der Waals surface area contributed by atoms with Crippen molar-refractivity contribution in [2.45, 2.75) is 58.5 Å². The van der Waals surface area contributed by atoms with Gasteiger partial charge < -0.3 is 5.11 Å². The number of rotatable bonds is 4. The summed E-state index contributed by atoms with van der Waals surface area (Å²) >= 11 is 0. The second-order valence-corrected chi connectivity index (χ2v) is 4.56. The lowest BCUT2D eigenvalue weighted by atomic mass is 9.78. The lowest BCUT2D eigenvalue weighted by molar-refractivity contribution is 0.0707. The van der Waals surface area contributed by atoms with E-state index in [1.807, 2.05) is 0 Å². The van der Waals surface area contributed by atoms with Gasteiger partial charge in [-0.05, 0) is 50.9 Å². The van der Waals surface area contributed by atoms with Crippen molar-refractivity contribution in [3.05, 3.63) is 12.2 Å². The van der Waals surface area contributed by atoms with E-state index in [9.17, 15) is 5.11 Å². The van der Waals surface area contributed by atoms with Crippen LogP contribution in [-0.2, 0) is 0 Å². The van der Waals surface area contributed by atoms with E-state index in [-0.39, 0.29) is 6.10 Å². The largest absolute Gasteiger partial charge is 0.393 e. The quantitative estimate of drug-likeness (QED) is 0.682. The van der Waals surface area contributed by atoms with Gasteiger partial charge in [0.1, 0.15) is 0 Å². The molecule has 0 aromatic carbocycles. The van der Waals surface area contributed by atoms with Gasteiger partial charge in [0.2, 0.25) is 0 Å².